The number of phenolic OH excluding ortho intramolecular Hbond substituents is 1. The molecule has 0 radical (unpaired) electrons. The minimum Gasteiger partial charge on any atom is -0.508 e. The van der Waals surface area contributed by atoms with Crippen molar-refractivity contribution < 1.29 is 9.84 Å². The first-order valence-corrected chi connectivity index (χ1v) is 11.0. The Hall–Kier alpha value is -2.49. The lowest BCUT2D eigenvalue weighted by molar-refractivity contribution is 0.216. The van der Waals surface area contributed by atoms with Crippen LogP contribution in [0.5, 0.6) is 11.6 Å². The van der Waals surface area contributed by atoms with E-state index in [-0.39, 0.29) is 0 Å². The number of rotatable bonds is 8. The Morgan fingerprint density at radius 3 is 2.69 bits per heavy atom. The van der Waals surface area contributed by atoms with E-state index >= 15 is 0 Å². The van der Waals surface area contributed by atoms with Gasteiger partial charge < -0.3 is 14.7 Å². The molecule has 4 rings (SSSR count). The molecule has 2 aromatic rings. The molecule has 0 bridgehead atoms. The zero-order valence-electron chi connectivity index (χ0n) is 17.4. The van der Waals surface area contributed by atoms with Crippen molar-refractivity contribution in [2.24, 2.45) is 11.8 Å². The van der Waals surface area contributed by atoms with E-state index in [1.165, 1.54) is 24.8 Å². The minimum absolute atomic E-state index is 0.304. The highest BCUT2D eigenvalue weighted by molar-refractivity contribution is 5.68. The summed E-state index contributed by atoms with van der Waals surface area (Å²) in [7, 11) is 0. The number of nitrogens with zero attached hydrogens (tertiary/aromatic N) is 2. The van der Waals surface area contributed by atoms with E-state index in [1.54, 1.807) is 6.07 Å². The van der Waals surface area contributed by atoms with Crippen molar-refractivity contribution in [3.8, 4) is 11.6 Å². The Bertz CT molecular complexity index is 838. The lowest BCUT2D eigenvalue weighted by Crippen LogP contribution is -2.35. The summed E-state index contributed by atoms with van der Waals surface area (Å²) in [6.07, 6.45) is 9.82. The molecular formula is C25H32N2O2. The number of pyridine rings is 1. The molecule has 0 amide bonds. The van der Waals surface area contributed by atoms with Gasteiger partial charge in [-0.15, -0.1) is 0 Å². The molecule has 1 aliphatic heterocycles. The predicted octanol–water partition coefficient (Wildman–Crippen LogP) is 5.63. The highest BCUT2D eigenvalue weighted by Crippen LogP contribution is 2.44. The zero-order valence-corrected chi connectivity index (χ0v) is 17.4. The monoisotopic (exact) mass is 392 g/mol. The topological polar surface area (TPSA) is 45.6 Å². The second-order valence-electron chi connectivity index (χ2n) is 8.47. The molecule has 1 aromatic heterocycles. The molecule has 2 heterocycles. The van der Waals surface area contributed by atoms with Crippen molar-refractivity contribution in [3.05, 3.63) is 54.2 Å². The number of piperidine rings is 1. The number of hydrogen-bond donors (Lipinski definition) is 1. The van der Waals surface area contributed by atoms with Crippen molar-refractivity contribution in [1.29, 1.82) is 0 Å². The second kappa shape index (κ2) is 8.89. The van der Waals surface area contributed by atoms with Crippen LogP contribution in [0.2, 0.25) is 0 Å². The first kappa shape index (κ1) is 19.8. The molecule has 2 fully saturated rings. The Morgan fingerprint density at radius 2 is 2.00 bits per heavy atom. The quantitative estimate of drug-likeness (QED) is 0.632. The molecule has 1 aromatic carbocycles. The minimum atomic E-state index is 0.304. The van der Waals surface area contributed by atoms with Gasteiger partial charge in [-0.05, 0) is 79.2 Å². The number of phenols is 1. The van der Waals surface area contributed by atoms with Gasteiger partial charge in [0.05, 0.1) is 6.61 Å². The summed E-state index contributed by atoms with van der Waals surface area (Å²) >= 11 is 0. The van der Waals surface area contributed by atoms with E-state index in [2.05, 4.69) is 35.5 Å². The van der Waals surface area contributed by atoms with Gasteiger partial charge in [-0.1, -0.05) is 19.6 Å². The summed E-state index contributed by atoms with van der Waals surface area (Å²) in [5, 5.41) is 9.86. The van der Waals surface area contributed by atoms with Crippen LogP contribution in [0.25, 0.3) is 6.08 Å². The number of benzene rings is 1. The fraction of sp³-hybridized carbons (Fsp3) is 0.480. The Labute approximate surface area is 174 Å². The Balaban J connectivity index is 1.32. The van der Waals surface area contributed by atoms with Gasteiger partial charge in [0.2, 0.25) is 5.88 Å². The molecule has 0 spiro atoms. The van der Waals surface area contributed by atoms with Crippen LogP contribution in [0, 0.1) is 11.8 Å². The van der Waals surface area contributed by atoms with Crippen LogP contribution < -0.4 is 9.64 Å². The third kappa shape index (κ3) is 4.75. The van der Waals surface area contributed by atoms with Crippen LogP contribution in [-0.4, -0.2) is 29.8 Å². The fourth-order valence-corrected chi connectivity index (χ4v) is 4.60. The van der Waals surface area contributed by atoms with Crippen LogP contribution in [0.15, 0.2) is 43.1 Å². The maximum Gasteiger partial charge on any atom is 0.213 e. The van der Waals surface area contributed by atoms with Crippen molar-refractivity contribution in [2.75, 3.05) is 24.6 Å². The molecule has 1 aliphatic carbocycles. The van der Waals surface area contributed by atoms with Crippen LogP contribution >= 0.6 is 0 Å². The third-order valence-corrected chi connectivity index (χ3v) is 6.47. The van der Waals surface area contributed by atoms with E-state index in [0.717, 1.165) is 55.6 Å². The smallest absolute Gasteiger partial charge is 0.213 e. The molecule has 1 saturated heterocycles. The molecule has 1 N–H and O–H groups in total. The molecule has 4 nitrogen and oxygen atoms in total. The van der Waals surface area contributed by atoms with Gasteiger partial charge in [0, 0.05) is 37.1 Å². The highest BCUT2D eigenvalue weighted by atomic mass is 16.5. The fourth-order valence-electron chi connectivity index (χ4n) is 4.60. The molecule has 4 heteroatoms. The van der Waals surface area contributed by atoms with E-state index in [0.29, 0.717) is 17.6 Å². The summed E-state index contributed by atoms with van der Waals surface area (Å²) < 4.78 is 6.10. The summed E-state index contributed by atoms with van der Waals surface area (Å²) in [5.74, 6) is 3.12. The third-order valence-electron chi connectivity index (χ3n) is 6.47. The first-order valence-electron chi connectivity index (χ1n) is 11.0. The van der Waals surface area contributed by atoms with Gasteiger partial charge in [0.1, 0.15) is 5.75 Å². The van der Waals surface area contributed by atoms with Crippen molar-refractivity contribution in [3.63, 3.8) is 0 Å². The maximum absolute atomic E-state index is 9.86. The predicted molar refractivity (Wildman–Crippen MR) is 119 cm³/mol. The van der Waals surface area contributed by atoms with Gasteiger partial charge in [-0.2, -0.15) is 0 Å². The van der Waals surface area contributed by atoms with Gasteiger partial charge >= 0.3 is 0 Å². The largest absolute Gasteiger partial charge is 0.508 e. The van der Waals surface area contributed by atoms with E-state index in [9.17, 15) is 5.11 Å². The zero-order chi connectivity index (χ0) is 20.2. The lowest BCUT2D eigenvalue weighted by Gasteiger charge is -2.34. The van der Waals surface area contributed by atoms with Gasteiger partial charge in [-0.3, -0.25) is 0 Å². The molecule has 1 unspecified atom stereocenters. The Morgan fingerprint density at radius 1 is 1.21 bits per heavy atom. The molecule has 1 saturated carbocycles. The molecule has 1 atom stereocenters. The van der Waals surface area contributed by atoms with E-state index in [4.69, 9.17) is 4.74 Å². The number of aromatic hydroxyl groups is 1. The van der Waals surface area contributed by atoms with Gasteiger partial charge in [-0.25, -0.2) is 4.98 Å². The first-order chi connectivity index (χ1) is 14.2. The summed E-state index contributed by atoms with van der Waals surface area (Å²) in [6.45, 7) is 8.83. The summed E-state index contributed by atoms with van der Waals surface area (Å²) in [4.78, 5) is 6.78. The SMILES string of the molecule is C=Cc1ccc(O)cc1N1CCC(COc2cc(C(CC)C3CC3)ccn2)CC1. The van der Waals surface area contributed by atoms with Gasteiger partial charge in [0.15, 0.2) is 0 Å². The van der Waals surface area contributed by atoms with Crippen LogP contribution in [0.1, 0.15) is 56.1 Å². The van der Waals surface area contributed by atoms with E-state index in [1.807, 2.05) is 24.4 Å². The molecule has 29 heavy (non-hydrogen) atoms. The maximum atomic E-state index is 9.86. The highest BCUT2D eigenvalue weighted by Gasteiger charge is 2.31. The normalized spacial score (nSPS) is 18.4. The lowest BCUT2D eigenvalue weighted by atomic mass is 9.92. The average Bonchev–Trinajstić information content (AvgIpc) is 3.59. The van der Waals surface area contributed by atoms with Crippen molar-refractivity contribution in [2.45, 2.75) is 44.9 Å². The summed E-state index contributed by atoms with van der Waals surface area (Å²) in [6, 6.07) is 9.80. The summed E-state index contributed by atoms with van der Waals surface area (Å²) in [5.41, 5.74) is 3.52. The van der Waals surface area contributed by atoms with Crippen molar-refractivity contribution in [1.82, 2.24) is 4.98 Å². The van der Waals surface area contributed by atoms with Crippen LogP contribution in [-0.2, 0) is 0 Å². The van der Waals surface area contributed by atoms with Crippen LogP contribution in [0.4, 0.5) is 5.69 Å². The number of ether oxygens (including phenoxy) is 1. The standard InChI is InChI=1S/C25H32N2O2/c1-3-19-7-8-22(28)16-24(19)27-13-10-18(11-14-27)17-29-25-15-21(9-12-26-25)23(4-2)20-5-6-20/h3,7-9,12,15-16,18,20,23,28H,1,4-6,10-11,13-14,17H2,2H3. The molecule has 154 valence electrons. The van der Waals surface area contributed by atoms with E-state index < -0.39 is 0 Å². The van der Waals surface area contributed by atoms with Crippen molar-refractivity contribution >= 4 is 11.8 Å². The Kier molecular flexibility index (Phi) is 6.08. The second-order valence-corrected chi connectivity index (χ2v) is 8.47. The van der Waals surface area contributed by atoms with Crippen LogP contribution in [0.3, 0.4) is 0 Å². The number of hydrogen-bond acceptors (Lipinski definition) is 4. The average molecular weight is 393 g/mol. The molecular weight excluding hydrogens is 360 g/mol. The number of anilines is 1. The van der Waals surface area contributed by atoms with Gasteiger partial charge in [0.25, 0.3) is 0 Å². The molecule has 2 aliphatic rings. The number of aromatic nitrogens is 1.